The van der Waals surface area contributed by atoms with E-state index >= 15 is 0 Å². The largest absolute Gasteiger partial charge is 0.371 e. The summed E-state index contributed by atoms with van der Waals surface area (Å²) in [6, 6.07) is 7.82. The van der Waals surface area contributed by atoms with Crippen LogP contribution in [0.25, 0.3) is 0 Å². The lowest BCUT2D eigenvalue weighted by molar-refractivity contribution is -0.125. The van der Waals surface area contributed by atoms with Crippen LogP contribution in [0.5, 0.6) is 0 Å². The van der Waals surface area contributed by atoms with Crippen molar-refractivity contribution in [1.82, 2.24) is 19.8 Å². The van der Waals surface area contributed by atoms with Crippen LogP contribution < -0.4 is 5.32 Å². The van der Waals surface area contributed by atoms with Crippen LogP contribution >= 0.6 is 0 Å². The van der Waals surface area contributed by atoms with Crippen LogP contribution in [-0.2, 0) is 11.3 Å². The topological polar surface area (TPSA) is 70.6 Å². The monoisotopic (exact) mass is 381 g/mol. The van der Waals surface area contributed by atoms with Gasteiger partial charge in [-0.25, -0.2) is 14.8 Å². The number of likely N-dealkylation sites (tertiary alicyclic amines) is 1. The number of benzene rings is 1. The van der Waals surface area contributed by atoms with Crippen molar-refractivity contribution in [3.05, 3.63) is 54.1 Å². The van der Waals surface area contributed by atoms with Crippen LogP contribution in [0, 0.1) is 6.92 Å². The molecule has 1 aromatic carbocycles. The van der Waals surface area contributed by atoms with Gasteiger partial charge in [-0.05, 0) is 31.4 Å². The van der Waals surface area contributed by atoms with Crippen molar-refractivity contribution in [1.29, 1.82) is 0 Å². The van der Waals surface area contributed by atoms with Crippen molar-refractivity contribution < 1.29 is 9.53 Å². The van der Waals surface area contributed by atoms with Gasteiger partial charge >= 0.3 is 6.03 Å². The lowest BCUT2D eigenvalue weighted by atomic mass is 9.89. The first-order chi connectivity index (χ1) is 13.6. The molecule has 1 N–H and O–H groups in total. The first-order valence-electron chi connectivity index (χ1n) is 9.85. The van der Waals surface area contributed by atoms with Crippen molar-refractivity contribution in [2.45, 2.75) is 31.9 Å². The molecule has 4 rings (SSSR count). The molecule has 1 spiro atoms. The number of rotatable bonds is 3. The molecule has 2 fully saturated rings. The SMILES string of the molecule is Cc1ccccc1NC(=O)N1CCOC2(CCN(Cc3cncnc3)CC2)C1. The van der Waals surface area contributed by atoms with E-state index in [0.717, 1.165) is 49.3 Å². The lowest BCUT2D eigenvalue weighted by Gasteiger charge is -2.47. The lowest BCUT2D eigenvalue weighted by Crippen LogP contribution is -2.58. The molecule has 2 amide bonds. The van der Waals surface area contributed by atoms with Crippen LogP contribution in [0.4, 0.5) is 10.5 Å². The number of hydrogen-bond donors (Lipinski definition) is 1. The highest BCUT2D eigenvalue weighted by molar-refractivity contribution is 5.90. The maximum atomic E-state index is 12.8. The molecule has 2 saturated heterocycles. The van der Waals surface area contributed by atoms with E-state index in [1.54, 1.807) is 6.33 Å². The third-order valence-corrected chi connectivity index (χ3v) is 5.71. The molecule has 0 radical (unpaired) electrons. The van der Waals surface area contributed by atoms with E-state index in [0.29, 0.717) is 19.7 Å². The summed E-state index contributed by atoms with van der Waals surface area (Å²) >= 11 is 0. The van der Waals surface area contributed by atoms with Gasteiger partial charge in [0.2, 0.25) is 0 Å². The van der Waals surface area contributed by atoms with E-state index in [-0.39, 0.29) is 11.6 Å². The first-order valence-corrected chi connectivity index (χ1v) is 9.85. The molecule has 7 heteroatoms. The second-order valence-corrected chi connectivity index (χ2v) is 7.72. The average Bonchev–Trinajstić information content (AvgIpc) is 2.72. The van der Waals surface area contributed by atoms with Gasteiger partial charge in [-0.2, -0.15) is 0 Å². The Labute approximate surface area is 165 Å². The zero-order chi connectivity index (χ0) is 19.4. The number of piperidine rings is 1. The number of nitrogens with one attached hydrogen (secondary N) is 1. The summed E-state index contributed by atoms with van der Waals surface area (Å²) in [6.07, 6.45) is 7.14. The molecule has 0 saturated carbocycles. The molecule has 2 aromatic rings. The molecule has 2 aliphatic heterocycles. The minimum absolute atomic E-state index is 0.0409. The van der Waals surface area contributed by atoms with Crippen molar-refractivity contribution in [3.63, 3.8) is 0 Å². The molecule has 0 bridgehead atoms. The first kappa shape index (κ1) is 18.8. The van der Waals surface area contributed by atoms with Gasteiger partial charge in [0.25, 0.3) is 0 Å². The highest BCUT2D eigenvalue weighted by Crippen LogP contribution is 2.31. The summed E-state index contributed by atoms with van der Waals surface area (Å²) in [4.78, 5) is 25.3. The number of carbonyl (C=O) groups excluding carboxylic acids is 1. The predicted octanol–water partition coefficient (Wildman–Crippen LogP) is 2.68. The number of aromatic nitrogens is 2. The summed E-state index contributed by atoms with van der Waals surface area (Å²) in [5, 5.41) is 3.05. The number of hydrogen-bond acceptors (Lipinski definition) is 5. The van der Waals surface area contributed by atoms with Gasteiger partial charge in [0.05, 0.1) is 18.8 Å². The van der Waals surface area contributed by atoms with Gasteiger partial charge in [-0.15, -0.1) is 0 Å². The van der Waals surface area contributed by atoms with Crippen LogP contribution in [-0.4, -0.2) is 64.2 Å². The molecule has 0 unspecified atom stereocenters. The summed E-state index contributed by atoms with van der Waals surface area (Å²) in [6.45, 7) is 6.62. The molecular weight excluding hydrogens is 354 g/mol. The number of anilines is 1. The van der Waals surface area contributed by atoms with E-state index < -0.39 is 0 Å². The molecule has 1 aromatic heterocycles. The summed E-state index contributed by atoms with van der Waals surface area (Å²) in [7, 11) is 0. The van der Waals surface area contributed by atoms with Crippen LogP contribution in [0.3, 0.4) is 0 Å². The quantitative estimate of drug-likeness (QED) is 0.885. The van der Waals surface area contributed by atoms with Crippen LogP contribution in [0.15, 0.2) is 43.0 Å². The number of nitrogens with zero attached hydrogens (tertiary/aromatic N) is 4. The smallest absolute Gasteiger partial charge is 0.322 e. The predicted molar refractivity (Wildman–Crippen MR) is 107 cm³/mol. The third kappa shape index (κ3) is 4.31. The number of morpholine rings is 1. The Bertz CT molecular complexity index is 805. The third-order valence-electron chi connectivity index (χ3n) is 5.71. The fourth-order valence-electron chi connectivity index (χ4n) is 4.02. The average molecular weight is 381 g/mol. The molecular formula is C21H27N5O2. The highest BCUT2D eigenvalue weighted by Gasteiger charge is 2.41. The molecule has 7 nitrogen and oxygen atoms in total. The van der Waals surface area contributed by atoms with Gasteiger partial charge < -0.3 is 15.0 Å². The number of para-hydroxylation sites is 1. The molecule has 2 aliphatic rings. The molecule has 0 aliphatic carbocycles. The number of ether oxygens (including phenoxy) is 1. The maximum absolute atomic E-state index is 12.8. The van der Waals surface area contributed by atoms with E-state index in [1.165, 1.54) is 0 Å². The van der Waals surface area contributed by atoms with E-state index in [2.05, 4.69) is 20.2 Å². The number of urea groups is 1. The number of aryl methyl sites for hydroxylation is 1. The zero-order valence-corrected chi connectivity index (χ0v) is 16.3. The fraction of sp³-hybridized carbons (Fsp3) is 0.476. The Balaban J connectivity index is 1.33. The Hall–Kier alpha value is -2.51. The summed E-state index contributed by atoms with van der Waals surface area (Å²) in [5.41, 5.74) is 2.83. The van der Waals surface area contributed by atoms with E-state index in [1.807, 2.05) is 48.5 Å². The number of carbonyl (C=O) groups is 1. The Morgan fingerprint density at radius 1 is 1.18 bits per heavy atom. The molecule has 28 heavy (non-hydrogen) atoms. The van der Waals surface area contributed by atoms with Crippen molar-refractivity contribution in [3.8, 4) is 0 Å². The summed E-state index contributed by atoms with van der Waals surface area (Å²) < 4.78 is 6.19. The Morgan fingerprint density at radius 3 is 2.68 bits per heavy atom. The molecule has 148 valence electrons. The van der Waals surface area contributed by atoms with E-state index in [4.69, 9.17) is 4.74 Å². The van der Waals surface area contributed by atoms with Crippen LogP contribution in [0.1, 0.15) is 24.0 Å². The summed E-state index contributed by atoms with van der Waals surface area (Å²) in [5.74, 6) is 0. The van der Waals surface area contributed by atoms with Gasteiger partial charge in [0.1, 0.15) is 6.33 Å². The van der Waals surface area contributed by atoms with Gasteiger partial charge in [0, 0.05) is 49.8 Å². The zero-order valence-electron chi connectivity index (χ0n) is 16.3. The van der Waals surface area contributed by atoms with Crippen LogP contribution in [0.2, 0.25) is 0 Å². The van der Waals surface area contributed by atoms with Gasteiger partial charge in [-0.3, -0.25) is 4.90 Å². The van der Waals surface area contributed by atoms with Gasteiger partial charge in [-0.1, -0.05) is 18.2 Å². The number of amides is 2. The van der Waals surface area contributed by atoms with Crippen molar-refractivity contribution >= 4 is 11.7 Å². The second-order valence-electron chi connectivity index (χ2n) is 7.72. The standard InChI is InChI=1S/C21H27N5O2/c1-17-4-2-3-5-19(17)24-20(27)26-10-11-28-21(15-26)6-8-25(9-7-21)14-18-12-22-16-23-13-18/h2-5,12-13,16H,6-11,14-15H2,1H3,(H,24,27). The van der Waals surface area contributed by atoms with Crippen molar-refractivity contribution in [2.24, 2.45) is 0 Å². The molecule has 3 heterocycles. The molecule has 0 atom stereocenters. The Kier molecular flexibility index (Phi) is 5.54. The minimum atomic E-state index is -0.231. The highest BCUT2D eigenvalue weighted by atomic mass is 16.5. The fourth-order valence-corrected chi connectivity index (χ4v) is 4.02. The Morgan fingerprint density at radius 2 is 1.93 bits per heavy atom. The normalized spacial score (nSPS) is 19.5. The maximum Gasteiger partial charge on any atom is 0.322 e. The van der Waals surface area contributed by atoms with Gasteiger partial charge in [0.15, 0.2) is 0 Å². The van der Waals surface area contributed by atoms with E-state index in [9.17, 15) is 4.79 Å². The minimum Gasteiger partial charge on any atom is -0.371 e. The van der Waals surface area contributed by atoms with Crippen molar-refractivity contribution in [2.75, 3.05) is 38.1 Å². The second kappa shape index (κ2) is 8.24.